The molecular weight excluding hydrogens is 318 g/mol. The number of hydrogen-bond acceptors (Lipinski definition) is 6. The van der Waals surface area contributed by atoms with Gasteiger partial charge in [0, 0.05) is 29.5 Å². The molecule has 1 aliphatic heterocycles. The Hall–Kier alpha value is -3.45. The quantitative estimate of drug-likeness (QED) is 0.584. The van der Waals surface area contributed by atoms with Crippen LogP contribution < -0.4 is 16.8 Å². The van der Waals surface area contributed by atoms with E-state index in [0.717, 1.165) is 5.56 Å². The summed E-state index contributed by atoms with van der Waals surface area (Å²) in [5.74, 6) is -1.14. The van der Waals surface area contributed by atoms with Gasteiger partial charge in [0.25, 0.3) is 5.69 Å². The lowest BCUT2D eigenvalue weighted by Gasteiger charge is -2.31. The lowest BCUT2D eigenvalue weighted by atomic mass is 10.1. The molecule has 1 heterocycles. The molecule has 5 N–H and O–H groups in total. The minimum Gasteiger partial charge on any atom is -0.384 e. The van der Waals surface area contributed by atoms with Crippen molar-refractivity contribution in [1.29, 1.82) is 0 Å². The smallest absolute Gasteiger partial charge is 0.269 e. The summed E-state index contributed by atoms with van der Waals surface area (Å²) in [7, 11) is 0. The zero-order valence-electron chi connectivity index (χ0n) is 13.3. The van der Waals surface area contributed by atoms with Crippen molar-refractivity contribution < 1.29 is 4.92 Å². The third-order valence-corrected chi connectivity index (χ3v) is 3.70. The molecule has 0 spiro atoms. The minimum absolute atomic E-state index is 0.0613. The maximum atomic E-state index is 11.0. The molecule has 2 aromatic carbocycles. The van der Waals surface area contributed by atoms with Crippen molar-refractivity contribution in [1.82, 2.24) is 5.32 Å². The van der Waals surface area contributed by atoms with E-state index in [1.54, 1.807) is 18.2 Å². The number of nitro benzene ring substituents is 1. The molecule has 7 heteroatoms. The van der Waals surface area contributed by atoms with Gasteiger partial charge in [-0.1, -0.05) is 48.5 Å². The van der Waals surface area contributed by atoms with Crippen LogP contribution in [0.4, 0.5) is 5.69 Å². The van der Waals surface area contributed by atoms with Gasteiger partial charge in [-0.25, -0.2) is 4.99 Å². The first-order valence-corrected chi connectivity index (χ1v) is 7.58. The molecule has 1 unspecified atom stereocenters. The largest absolute Gasteiger partial charge is 0.384 e. The number of allylic oxidation sites excluding steroid dienone is 1. The number of nitro groups is 1. The van der Waals surface area contributed by atoms with E-state index in [-0.39, 0.29) is 11.5 Å². The average molecular weight is 335 g/mol. The maximum Gasteiger partial charge on any atom is 0.269 e. The maximum absolute atomic E-state index is 11.0. The number of nitrogens with one attached hydrogen (secondary N) is 1. The van der Waals surface area contributed by atoms with E-state index in [4.69, 9.17) is 11.5 Å². The molecule has 2 aromatic rings. The molecule has 0 saturated heterocycles. The van der Waals surface area contributed by atoms with E-state index in [0.29, 0.717) is 11.3 Å². The molecule has 25 heavy (non-hydrogen) atoms. The van der Waals surface area contributed by atoms with Gasteiger partial charge in [0.2, 0.25) is 5.79 Å². The molecule has 1 aliphatic rings. The van der Waals surface area contributed by atoms with Crippen molar-refractivity contribution in [2.24, 2.45) is 16.5 Å². The second kappa shape index (κ2) is 6.58. The lowest BCUT2D eigenvalue weighted by Crippen LogP contribution is -2.51. The summed E-state index contributed by atoms with van der Waals surface area (Å²) in [6, 6.07) is 15.8. The molecule has 0 fully saturated rings. The number of non-ortho nitro benzene ring substituents is 1. The van der Waals surface area contributed by atoms with E-state index >= 15 is 0 Å². The van der Waals surface area contributed by atoms with Crippen LogP contribution >= 0.6 is 0 Å². The normalized spacial score (nSPS) is 19.9. The van der Waals surface area contributed by atoms with Crippen LogP contribution in [0.2, 0.25) is 0 Å². The van der Waals surface area contributed by atoms with Crippen LogP contribution in [0.15, 0.2) is 77.4 Å². The SMILES string of the molecule is NC1=NC(N)(c2cccc([N+](=O)[O-])c2)NC(C=Cc2ccccc2)=C1. The fourth-order valence-electron chi connectivity index (χ4n) is 2.51. The Kier molecular flexibility index (Phi) is 4.32. The van der Waals surface area contributed by atoms with E-state index in [1.165, 1.54) is 12.1 Å². The van der Waals surface area contributed by atoms with Crippen LogP contribution in [0.1, 0.15) is 11.1 Å². The molecule has 0 aliphatic carbocycles. The predicted octanol–water partition coefficient (Wildman–Crippen LogP) is 2.22. The summed E-state index contributed by atoms with van der Waals surface area (Å²) in [5, 5.41) is 14.1. The van der Waals surface area contributed by atoms with Gasteiger partial charge in [-0.05, 0) is 11.6 Å². The third-order valence-electron chi connectivity index (χ3n) is 3.70. The number of nitrogens with zero attached hydrogens (tertiary/aromatic N) is 2. The predicted molar refractivity (Wildman–Crippen MR) is 97.3 cm³/mol. The Bertz CT molecular complexity index is 889. The Morgan fingerprint density at radius 1 is 1.12 bits per heavy atom. The van der Waals surface area contributed by atoms with Crippen LogP contribution in [-0.2, 0) is 5.79 Å². The molecule has 0 aromatic heterocycles. The summed E-state index contributed by atoms with van der Waals surface area (Å²) < 4.78 is 0. The molecule has 0 saturated carbocycles. The Morgan fingerprint density at radius 3 is 2.60 bits per heavy atom. The van der Waals surface area contributed by atoms with Crippen LogP contribution in [0.5, 0.6) is 0 Å². The van der Waals surface area contributed by atoms with Gasteiger partial charge >= 0.3 is 0 Å². The monoisotopic (exact) mass is 335 g/mol. The highest BCUT2D eigenvalue weighted by Gasteiger charge is 2.31. The summed E-state index contributed by atoms with van der Waals surface area (Å²) >= 11 is 0. The summed E-state index contributed by atoms with van der Waals surface area (Å²) in [4.78, 5) is 14.7. The molecule has 0 radical (unpaired) electrons. The van der Waals surface area contributed by atoms with Gasteiger partial charge in [0.05, 0.1) is 4.92 Å². The van der Waals surface area contributed by atoms with Crippen molar-refractivity contribution >= 4 is 17.6 Å². The topological polar surface area (TPSA) is 120 Å². The molecule has 126 valence electrons. The van der Waals surface area contributed by atoms with E-state index in [1.807, 2.05) is 42.5 Å². The Morgan fingerprint density at radius 2 is 1.88 bits per heavy atom. The first-order valence-electron chi connectivity index (χ1n) is 7.58. The molecule has 0 bridgehead atoms. The van der Waals surface area contributed by atoms with Gasteiger partial charge in [-0.3, -0.25) is 15.8 Å². The summed E-state index contributed by atoms with van der Waals surface area (Å²) in [6.45, 7) is 0. The first kappa shape index (κ1) is 16.4. The highest BCUT2D eigenvalue weighted by atomic mass is 16.6. The number of amidine groups is 1. The zero-order chi connectivity index (χ0) is 17.9. The Balaban J connectivity index is 1.89. The molecule has 7 nitrogen and oxygen atoms in total. The fourth-order valence-corrected chi connectivity index (χ4v) is 2.51. The lowest BCUT2D eigenvalue weighted by molar-refractivity contribution is -0.385. The van der Waals surface area contributed by atoms with Crippen LogP contribution in [0, 0.1) is 10.1 Å². The molecule has 1 atom stereocenters. The van der Waals surface area contributed by atoms with Crippen molar-refractivity contribution in [2.45, 2.75) is 5.79 Å². The van der Waals surface area contributed by atoms with Crippen molar-refractivity contribution in [3.8, 4) is 0 Å². The van der Waals surface area contributed by atoms with E-state index < -0.39 is 10.7 Å². The highest BCUT2D eigenvalue weighted by Crippen LogP contribution is 2.25. The zero-order valence-corrected chi connectivity index (χ0v) is 13.3. The number of benzene rings is 2. The fraction of sp³-hybridized carbons (Fsp3) is 0.0556. The van der Waals surface area contributed by atoms with Crippen LogP contribution in [-0.4, -0.2) is 10.8 Å². The van der Waals surface area contributed by atoms with Crippen molar-refractivity contribution in [3.63, 3.8) is 0 Å². The second-order valence-electron chi connectivity index (χ2n) is 5.58. The van der Waals surface area contributed by atoms with Crippen LogP contribution in [0.25, 0.3) is 6.08 Å². The minimum atomic E-state index is -1.37. The summed E-state index contributed by atoms with van der Waals surface area (Å²) in [5.41, 5.74) is 14.3. The highest BCUT2D eigenvalue weighted by molar-refractivity contribution is 5.93. The van der Waals surface area contributed by atoms with Gasteiger partial charge in [0.1, 0.15) is 5.84 Å². The third kappa shape index (κ3) is 3.73. The number of rotatable bonds is 4. The van der Waals surface area contributed by atoms with Gasteiger partial charge in [-0.2, -0.15) is 0 Å². The number of aliphatic imine (C=N–C) groups is 1. The summed E-state index contributed by atoms with van der Waals surface area (Å²) in [6.07, 6.45) is 5.39. The second-order valence-corrected chi connectivity index (χ2v) is 5.58. The number of nitrogens with two attached hydrogens (primary N) is 2. The first-order chi connectivity index (χ1) is 12.0. The average Bonchev–Trinajstić information content (AvgIpc) is 2.60. The Labute approximate surface area is 144 Å². The molecule has 3 rings (SSSR count). The van der Waals surface area contributed by atoms with Gasteiger partial charge in [-0.15, -0.1) is 0 Å². The van der Waals surface area contributed by atoms with Crippen molar-refractivity contribution in [2.75, 3.05) is 0 Å². The number of hydrogen-bond donors (Lipinski definition) is 3. The van der Waals surface area contributed by atoms with E-state index in [2.05, 4.69) is 10.3 Å². The molecular formula is C18H17N5O2. The van der Waals surface area contributed by atoms with Crippen LogP contribution in [0.3, 0.4) is 0 Å². The van der Waals surface area contributed by atoms with E-state index in [9.17, 15) is 10.1 Å². The van der Waals surface area contributed by atoms with Gasteiger partial charge in [0.15, 0.2) is 0 Å². The molecule has 0 amide bonds. The standard InChI is InChI=1S/C18H17N5O2/c19-17-12-15(10-9-13-5-2-1-3-6-13)21-18(20,22-17)14-7-4-8-16(11-14)23(24)25/h1-12,21H,20H2,(H2,19,22). The van der Waals surface area contributed by atoms with Gasteiger partial charge < -0.3 is 11.1 Å². The van der Waals surface area contributed by atoms with Crippen molar-refractivity contribution in [3.05, 3.63) is 93.7 Å².